The highest BCUT2D eigenvalue weighted by Gasteiger charge is 2.19. The van der Waals surface area contributed by atoms with Gasteiger partial charge in [0.1, 0.15) is 5.03 Å². The molecule has 0 N–H and O–H groups in total. The van der Waals surface area contributed by atoms with Gasteiger partial charge in [0.05, 0.1) is 0 Å². The molecule has 0 fully saturated rings. The molecule has 0 saturated carbocycles. The molecule has 0 amide bonds. The fourth-order valence-corrected chi connectivity index (χ4v) is 3.02. The molecule has 1 rings (SSSR count). The van der Waals surface area contributed by atoms with Crippen LogP contribution in [0.2, 0.25) is 0 Å². The van der Waals surface area contributed by atoms with Gasteiger partial charge < -0.3 is 4.74 Å². The number of esters is 1. The number of hydrogen-bond acceptors (Lipinski definition) is 5. The van der Waals surface area contributed by atoms with Crippen molar-refractivity contribution in [2.45, 2.75) is 70.4 Å². The molecule has 0 spiro atoms. The Kier molecular flexibility index (Phi) is 8.09. The summed E-state index contributed by atoms with van der Waals surface area (Å²) in [4.78, 5) is 27.8. The van der Waals surface area contributed by atoms with Crippen LogP contribution in [0.3, 0.4) is 0 Å². The van der Waals surface area contributed by atoms with E-state index in [1.165, 1.54) is 11.8 Å². The summed E-state index contributed by atoms with van der Waals surface area (Å²) in [5, 5.41) is 0.621. The Balaban J connectivity index is 2.90. The van der Waals surface area contributed by atoms with Crippen molar-refractivity contribution >= 4 is 17.7 Å². The van der Waals surface area contributed by atoms with E-state index in [1.807, 2.05) is 13.8 Å². The Morgan fingerprint density at radius 3 is 2.70 bits per heavy atom. The molecule has 5 nitrogen and oxygen atoms in total. The Morgan fingerprint density at radius 2 is 2.13 bits per heavy atom. The van der Waals surface area contributed by atoms with E-state index in [9.17, 15) is 9.59 Å². The summed E-state index contributed by atoms with van der Waals surface area (Å²) in [6, 6.07) is 0. The maximum Gasteiger partial charge on any atom is 0.348 e. The van der Waals surface area contributed by atoms with Crippen molar-refractivity contribution in [2.75, 3.05) is 0 Å². The molecular weight excluding hydrogens is 312 g/mol. The van der Waals surface area contributed by atoms with Gasteiger partial charge in [-0.1, -0.05) is 38.1 Å². The minimum Gasteiger partial charge on any atom is -0.448 e. The molecular formula is C17H26N2O3S. The van der Waals surface area contributed by atoms with E-state index in [1.54, 1.807) is 17.7 Å². The number of nitrogens with zero attached hydrogens (tertiary/aromatic N) is 2. The van der Waals surface area contributed by atoms with E-state index >= 15 is 0 Å². The van der Waals surface area contributed by atoms with Gasteiger partial charge in [-0.2, -0.15) is 4.98 Å². The molecule has 0 aromatic carbocycles. The monoisotopic (exact) mass is 338 g/mol. The Hall–Kier alpha value is -1.56. The SMILES string of the molecule is C=C(C)C(=O)OC(CCCCC)Sc1nc(=O)n(CC)cc1C. The van der Waals surface area contributed by atoms with Crippen molar-refractivity contribution < 1.29 is 9.53 Å². The molecule has 23 heavy (non-hydrogen) atoms. The number of rotatable bonds is 9. The summed E-state index contributed by atoms with van der Waals surface area (Å²) in [5.74, 6) is -0.404. The maximum absolute atomic E-state index is 11.9. The molecule has 0 bridgehead atoms. The van der Waals surface area contributed by atoms with Crippen LogP contribution < -0.4 is 5.69 Å². The zero-order valence-corrected chi connectivity index (χ0v) is 15.2. The van der Waals surface area contributed by atoms with Gasteiger partial charge in [0.2, 0.25) is 0 Å². The van der Waals surface area contributed by atoms with Crippen molar-refractivity contribution in [3.05, 3.63) is 34.4 Å². The summed E-state index contributed by atoms with van der Waals surface area (Å²) in [6.07, 6.45) is 5.65. The highest BCUT2D eigenvalue weighted by molar-refractivity contribution is 7.99. The third kappa shape index (κ3) is 6.22. The van der Waals surface area contributed by atoms with Crippen molar-refractivity contribution in [1.82, 2.24) is 9.55 Å². The standard InChI is InChI=1S/C17H26N2O3S/c1-6-8-9-10-14(22-16(20)12(3)4)23-15-13(5)11-19(7-2)17(21)18-15/h11,14H,3,6-10H2,1-2,4-5H3. The van der Waals surface area contributed by atoms with Gasteiger partial charge in [-0.05, 0) is 39.2 Å². The number of ether oxygens (including phenoxy) is 1. The van der Waals surface area contributed by atoms with Crippen LogP contribution >= 0.6 is 11.8 Å². The molecule has 128 valence electrons. The van der Waals surface area contributed by atoms with Crippen LogP contribution in [0.15, 0.2) is 28.2 Å². The number of carbonyl (C=O) groups is 1. The zero-order valence-electron chi connectivity index (χ0n) is 14.4. The highest BCUT2D eigenvalue weighted by Crippen LogP contribution is 2.28. The number of carbonyl (C=O) groups excluding carboxylic acids is 1. The van der Waals surface area contributed by atoms with Crippen LogP contribution in [0, 0.1) is 6.92 Å². The molecule has 1 aromatic rings. The second kappa shape index (κ2) is 9.55. The minimum atomic E-state index is -0.404. The Labute approximate surface area is 142 Å². The Morgan fingerprint density at radius 1 is 1.43 bits per heavy atom. The van der Waals surface area contributed by atoms with Crippen LogP contribution in [0.4, 0.5) is 0 Å². The lowest BCUT2D eigenvalue weighted by Crippen LogP contribution is -2.24. The van der Waals surface area contributed by atoms with Gasteiger partial charge in [-0.3, -0.25) is 4.57 Å². The first-order valence-electron chi connectivity index (χ1n) is 8.00. The predicted octanol–water partition coefficient (Wildman–Crippen LogP) is 3.69. The van der Waals surface area contributed by atoms with E-state index in [0.717, 1.165) is 31.2 Å². The molecule has 0 aliphatic rings. The van der Waals surface area contributed by atoms with Crippen LogP contribution in [-0.4, -0.2) is 21.0 Å². The first kappa shape index (κ1) is 19.5. The molecule has 0 saturated heterocycles. The second-order valence-electron chi connectivity index (χ2n) is 5.53. The van der Waals surface area contributed by atoms with Crippen molar-refractivity contribution in [3.63, 3.8) is 0 Å². The average molecular weight is 338 g/mol. The highest BCUT2D eigenvalue weighted by atomic mass is 32.2. The summed E-state index contributed by atoms with van der Waals surface area (Å²) in [7, 11) is 0. The molecule has 0 radical (unpaired) electrons. The van der Waals surface area contributed by atoms with Gasteiger partial charge >= 0.3 is 11.7 Å². The zero-order chi connectivity index (χ0) is 17.4. The molecule has 1 heterocycles. The fraction of sp³-hybridized carbons (Fsp3) is 0.588. The lowest BCUT2D eigenvalue weighted by molar-refractivity contribution is -0.140. The van der Waals surface area contributed by atoms with Gasteiger partial charge in [0, 0.05) is 18.3 Å². The predicted molar refractivity (Wildman–Crippen MR) is 93.6 cm³/mol. The molecule has 6 heteroatoms. The summed E-state index contributed by atoms with van der Waals surface area (Å²) < 4.78 is 7.05. The molecule has 1 atom stereocenters. The van der Waals surface area contributed by atoms with Crippen molar-refractivity contribution in [1.29, 1.82) is 0 Å². The maximum atomic E-state index is 11.9. The third-order valence-corrected chi connectivity index (χ3v) is 4.58. The summed E-state index contributed by atoms with van der Waals surface area (Å²) >= 11 is 1.34. The second-order valence-corrected chi connectivity index (χ2v) is 6.67. The van der Waals surface area contributed by atoms with E-state index in [-0.39, 0.29) is 11.1 Å². The lowest BCUT2D eigenvalue weighted by Gasteiger charge is -2.18. The normalized spacial score (nSPS) is 12.0. The molecule has 0 aliphatic heterocycles. The number of unbranched alkanes of at least 4 members (excludes halogenated alkanes) is 2. The summed E-state index contributed by atoms with van der Waals surface area (Å²) in [6.45, 7) is 11.8. The van der Waals surface area contributed by atoms with Crippen LogP contribution in [-0.2, 0) is 16.1 Å². The van der Waals surface area contributed by atoms with Crippen molar-refractivity contribution in [3.8, 4) is 0 Å². The first-order valence-corrected chi connectivity index (χ1v) is 8.88. The van der Waals surface area contributed by atoms with Crippen LogP contribution in [0.5, 0.6) is 0 Å². The average Bonchev–Trinajstić information content (AvgIpc) is 2.50. The number of aromatic nitrogens is 2. The first-order chi connectivity index (χ1) is 10.9. The van der Waals surface area contributed by atoms with E-state index in [2.05, 4.69) is 18.5 Å². The Bertz CT molecular complexity index is 610. The number of thioether (sulfide) groups is 1. The largest absolute Gasteiger partial charge is 0.448 e. The van der Waals surface area contributed by atoms with Crippen molar-refractivity contribution in [2.24, 2.45) is 0 Å². The van der Waals surface area contributed by atoms with E-state index < -0.39 is 5.97 Å². The van der Waals surface area contributed by atoms with Crippen LogP contribution in [0.1, 0.15) is 52.0 Å². The fourth-order valence-electron chi connectivity index (χ4n) is 1.98. The quantitative estimate of drug-likeness (QED) is 0.172. The number of aryl methyl sites for hydroxylation is 2. The smallest absolute Gasteiger partial charge is 0.348 e. The molecule has 1 unspecified atom stereocenters. The third-order valence-electron chi connectivity index (χ3n) is 3.34. The number of hydrogen-bond donors (Lipinski definition) is 0. The molecule has 1 aromatic heterocycles. The van der Waals surface area contributed by atoms with E-state index in [0.29, 0.717) is 17.1 Å². The summed E-state index contributed by atoms with van der Waals surface area (Å²) in [5.41, 5.74) is 0.647. The minimum absolute atomic E-state index is 0.279. The topological polar surface area (TPSA) is 61.2 Å². The lowest BCUT2D eigenvalue weighted by atomic mass is 10.2. The molecule has 0 aliphatic carbocycles. The van der Waals surface area contributed by atoms with E-state index in [4.69, 9.17) is 4.74 Å². The van der Waals surface area contributed by atoms with Gasteiger partial charge in [-0.15, -0.1) is 0 Å². The van der Waals surface area contributed by atoms with Gasteiger partial charge in [0.25, 0.3) is 0 Å². The van der Waals surface area contributed by atoms with Gasteiger partial charge in [-0.25, -0.2) is 9.59 Å². The van der Waals surface area contributed by atoms with Crippen LogP contribution in [0.25, 0.3) is 0 Å². The van der Waals surface area contributed by atoms with Gasteiger partial charge in [0.15, 0.2) is 5.44 Å².